The molecule has 0 radical (unpaired) electrons. The van der Waals surface area contributed by atoms with Crippen LogP contribution in [0.5, 0.6) is 0 Å². The van der Waals surface area contributed by atoms with Crippen LogP contribution in [-0.2, 0) is 11.3 Å². The van der Waals surface area contributed by atoms with Crippen LogP contribution in [0.15, 0.2) is 29.4 Å². The fourth-order valence-corrected chi connectivity index (χ4v) is 4.56. The Morgan fingerprint density at radius 3 is 2.57 bits per heavy atom. The van der Waals surface area contributed by atoms with Gasteiger partial charge in [-0.3, -0.25) is 9.59 Å². The summed E-state index contributed by atoms with van der Waals surface area (Å²) in [5, 5.41) is 15.8. The first-order valence-electron chi connectivity index (χ1n) is 10.4. The Hall–Kier alpha value is -2.06. The van der Waals surface area contributed by atoms with E-state index in [2.05, 4.69) is 20.8 Å². The highest BCUT2D eigenvalue weighted by atomic mass is 35.5. The molecule has 1 heterocycles. The van der Waals surface area contributed by atoms with Gasteiger partial charge in [0.1, 0.15) is 0 Å². The van der Waals surface area contributed by atoms with Crippen LogP contribution >= 0.6 is 23.4 Å². The molecule has 1 aromatic heterocycles. The maximum absolute atomic E-state index is 12.5. The van der Waals surface area contributed by atoms with E-state index in [-0.39, 0.29) is 17.9 Å². The Balaban J connectivity index is 1.57. The number of aromatic nitrogens is 3. The van der Waals surface area contributed by atoms with Crippen molar-refractivity contribution in [1.29, 1.82) is 0 Å². The van der Waals surface area contributed by atoms with Gasteiger partial charge in [0.25, 0.3) is 5.91 Å². The van der Waals surface area contributed by atoms with Crippen molar-refractivity contribution in [2.24, 2.45) is 0 Å². The van der Waals surface area contributed by atoms with Crippen molar-refractivity contribution in [3.63, 3.8) is 0 Å². The van der Waals surface area contributed by atoms with E-state index >= 15 is 0 Å². The zero-order chi connectivity index (χ0) is 21.5. The third-order valence-electron chi connectivity index (χ3n) is 5.21. The zero-order valence-electron chi connectivity index (χ0n) is 17.4. The van der Waals surface area contributed by atoms with Crippen molar-refractivity contribution in [3.8, 4) is 0 Å². The molecule has 3 rings (SSSR count). The lowest BCUT2D eigenvalue weighted by molar-refractivity contribution is -0.119. The largest absolute Gasteiger partial charge is 0.353 e. The number of carbonyl (C=O) groups excluding carboxylic acids is 2. The Kier molecular flexibility index (Phi) is 8.16. The summed E-state index contributed by atoms with van der Waals surface area (Å²) in [5.41, 5.74) is 0.530. The molecular weight excluding hydrogens is 422 g/mol. The molecule has 2 aromatic rings. The second-order valence-corrected chi connectivity index (χ2v) is 8.86. The van der Waals surface area contributed by atoms with Crippen molar-refractivity contribution in [2.75, 3.05) is 5.75 Å². The van der Waals surface area contributed by atoms with Crippen molar-refractivity contribution < 1.29 is 9.59 Å². The van der Waals surface area contributed by atoms with Crippen LogP contribution in [0.3, 0.4) is 0 Å². The number of amides is 2. The number of hydrogen-bond acceptors (Lipinski definition) is 5. The number of nitrogens with one attached hydrogen (secondary N) is 2. The molecule has 9 heteroatoms. The second-order valence-electron chi connectivity index (χ2n) is 7.48. The van der Waals surface area contributed by atoms with Gasteiger partial charge >= 0.3 is 0 Å². The summed E-state index contributed by atoms with van der Waals surface area (Å²) in [6.07, 6.45) is 5.76. The molecule has 1 fully saturated rings. The third kappa shape index (κ3) is 5.98. The first-order valence-corrected chi connectivity index (χ1v) is 11.8. The van der Waals surface area contributed by atoms with Crippen LogP contribution < -0.4 is 10.6 Å². The number of carbonyl (C=O) groups is 2. The van der Waals surface area contributed by atoms with E-state index in [4.69, 9.17) is 11.6 Å². The summed E-state index contributed by atoms with van der Waals surface area (Å²) in [6, 6.07) is 6.70. The predicted octanol–water partition coefficient (Wildman–Crippen LogP) is 3.98. The number of hydrogen-bond donors (Lipinski definition) is 2. The molecule has 162 valence electrons. The smallest absolute Gasteiger partial charge is 0.251 e. The highest BCUT2D eigenvalue weighted by Gasteiger charge is 2.21. The summed E-state index contributed by atoms with van der Waals surface area (Å²) in [5.74, 6) is 0.796. The Morgan fingerprint density at radius 1 is 1.20 bits per heavy atom. The van der Waals surface area contributed by atoms with Crippen molar-refractivity contribution >= 4 is 35.2 Å². The molecule has 1 saturated carbocycles. The fourth-order valence-electron chi connectivity index (χ4n) is 3.62. The first-order chi connectivity index (χ1) is 14.5. The maximum Gasteiger partial charge on any atom is 0.251 e. The molecule has 30 heavy (non-hydrogen) atoms. The molecule has 1 aliphatic carbocycles. The van der Waals surface area contributed by atoms with Crippen LogP contribution in [0, 0.1) is 0 Å². The van der Waals surface area contributed by atoms with E-state index < -0.39 is 0 Å². The van der Waals surface area contributed by atoms with E-state index in [0.717, 1.165) is 12.8 Å². The monoisotopic (exact) mass is 449 g/mol. The Bertz CT molecular complexity index is 865. The van der Waals surface area contributed by atoms with E-state index in [1.807, 2.05) is 18.4 Å². The standard InChI is InChI=1S/C21H28ClN5O2S/c1-3-27-19(14(2)23-20(29)15-9-11-16(22)12-10-15)25-26-21(27)30-13-18(28)24-17-7-5-4-6-8-17/h9-12,14,17H,3-8,13H2,1-2H3,(H,23,29)(H,24,28)/t14-/m1/s1. The zero-order valence-corrected chi connectivity index (χ0v) is 18.9. The van der Waals surface area contributed by atoms with Gasteiger partial charge in [0, 0.05) is 23.2 Å². The molecule has 0 unspecified atom stereocenters. The van der Waals surface area contributed by atoms with Crippen molar-refractivity contribution in [1.82, 2.24) is 25.4 Å². The van der Waals surface area contributed by atoms with Crippen molar-refractivity contribution in [2.45, 2.75) is 69.7 Å². The third-order valence-corrected chi connectivity index (χ3v) is 6.42. The number of thioether (sulfide) groups is 1. The molecule has 1 atom stereocenters. The molecule has 1 aromatic carbocycles. The molecule has 0 spiro atoms. The van der Waals surface area contributed by atoms with Gasteiger partial charge in [-0.15, -0.1) is 10.2 Å². The van der Waals surface area contributed by atoms with Gasteiger partial charge < -0.3 is 15.2 Å². The van der Waals surface area contributed by atoms with E-state index in [1.54, 1.807) is 24.3 Å². The molecule has 0 bridgehead atoms. The first kappa shape index (κ1) is 22.6. The van der Waals surface area contributed by atoms with Gasteiger partial charge in [0.15, 0.2) is 11.0 Å². The number of benzene rings is 1. The molecule has 0 aliphatic heterocycles. The predicted molar refractivity (Wildman–Crippen MR) is 119 cm³/mol. The normalized spacial score (nSPS) is 15.6. The maximum atomic E-state index is 12.5. The molecule has 2 amide bonds. The Labute approximate surface area is 186 Å². The summed E-state index contributed by atoms with van der Waals surface area (Å²) < 4.78 is 1.94. The van der Waals surface area contributed by atoms with Crippen LogP contribution in [0.2, 0.25) is 5.02 Å². The second kappa shape index (κ2) is 10.8. The summed E-state index contributed by atoms with van der Waals surface area (Å²) in [7, 11) is 0. The van der Waals surface area contributed by atoms with Gasteiger partial charge in [-0.2, -0.15) is 0 Å². The minimum Gasteiger partial charge on any atom is -0.353 e. The lowest BCUT2D eigenvalue weighted by atomic mass is 9.95. The topological polar surface area (TPSA) is 88.9 Å². The number of nitrogens with zero attached hydrogens (tertiary/aromatic N) is 3. The Morgan fingerprint density at radius 2 is 1.90 bits per heavy atom. The van der Waals surface area contributed by atoms with Crippen LogP contribution in [0.4, 0.5) is 0 Å². The SMILES string of the molecule is CCn1c(SCC(=O)NC2CCCCC2)nnc1[C@@H](C)NC(=O)c1ccc(Cl)cc1. The minimum atomic E-state index is -0.328. The van der Waals surface area contributed by atoms with E-state index in [9.17, 15) is 9.59 Å². The molecule has 1 aliphatic rings. The van der Waals surface area contributed by atoms with Crippen LogP contribution in [0.25, 0.3) is 0 Å². The number of rotatable bonds is 8. The quantitative estimate of drug-likeness (QED) is 0.595. The van der Waals surface area contributed by atoms with Crippen LogP contribution in [-0.4, -0.2) is 38.4 Å². The summed E-state index contributed by atoms with van der Waals surface area (Å²) in [4.78, 5) is 24.8. The summed E-state index contributed by atoms with van der Waals surface area (Å²) >= 11 is 7.26. The summed E-state index contributed by atoms with van der Waals surface area (Å²) in [6.45, 7) is 4.51. The van der Waals surface area contributed by atoms with Gasteiger partial charge in [0.2, 0.25) is 5.91 Å². The van der Waals surface area contributed by atoms with Gasteiger partial charge in [-0.05, 0) is 51.0 Å². The number of halogens is 1. The highest BCUT2D eigenvalue weighted by molar-refractivity contribution is 7.99. The van der Waals surface area contributed by atoms with E-state index in [0.29, 0.717) is 39.9 Å². The van der Waals surface area contributed by atoms with Crippen LogP contribution in [0.1, 0.15) is 68.2 Å². The average molecular weight is 450 g/mol. The highest BCUT2D eigenvalue weighted by Crippen LogP contribution is 2.22. The average Bonchev–Trinajstić information content (AvgIpc) is 3.16. The van der Waals surface area contributed by atoms with Gasteiger partial charge in [-0.25, -0.2) is 0 Å². The fraction of sp³-hybridized carbons (Fsp3) is 0.524. The van der Waals surface area contributed by atoms with Crippen molar-refractivity contribution in [3.05, 3.63) is 40.7 Å². The van der Waals surface area contributed by atoms with E-state index in [1.165, 1.54) is 31.0 Å². The molecule has 7 nitrogen and oxygen atoms in total. The van der Waals surface area contributed by atoms with Gasteiger partial charge in [-0.1, -0.05) is 42.6 Å². The molecular formula is C21H28ClN5O2S. The lowest BCUT2D eigenvalue weighted by Gasteiger charge is -2.22. The lowest BCUT2D eigenvalue weighted by Crippen LogP contribution is -2.37. The molecule has 2 N–H and O–H groups in total. The minimum absolute atomic E-state index is 0.0307. The molecule has 0 saturated heterocycles. The van der Waals surface area contributed by atoms with Gasteiger partial charge in [0.05, 0.1) is 11.8 Å².